The number of ether oxygens (including phenoxy) is 1. The molecular weight excluding hydrogens is 190 g/mol. The molecular formula is C12H19NO2. The molecule has 3 nitrogen and oxygen atoms in total. The summed E-state index contributed by atoms with van der Waals surface area (Å²) in [5.74, 6) is 0. The summed E-state index contributed by atoms with van der Waals surface area (Å²) in [6.07, 6.45) is -0.463. The van der Waals surface area contributed by atoms with E-state index >= 15 is 0 Å². The van der Waals surface area contributed by atoms with Crippen LogP contribution in [-0.2, 0) is 4.74 Å². The molecule has 0 aliphatic heterocycles. The summed E-state index contributed by atoms with van der Waals surface area (Å²) in [6, 6.07) is 6.22. The molecule has 1 aromatic carbocycles. The van der Waals surface area contributed by atoms with Gasteiger partial charge in [-0.3, -0.25) is 0 Å². The number of aryl methyl sites for hydroxylation is 2. The number of rotatable bonds is 5. The number of anilines is 1. The molecule has 0 saturated carbocycles. The van der Waals surface area contributed by atoms with E-state index in [-0.39, 0.29) is 0 Å². The van der Waals surface area contributed by atoms with Crippen molar-refractivity contribution in [2.75, 3.05) is 25.6 Å². The van der Waals surface area contributed by atoms with Gasteiger partial charge in [-0.25, -0.2) is 0 Å². The molecule has 0 saturated heterocycles. The van der Waals surface area contributed by atoms with E-state index in [2.05, 4.69) is 30.4 Å². The van der Waals surface area contributed by atoms with E-state index in [0.29, 0.717) is 13.2 Å². The first-order valence-electron chi connectivity index (χ1n) is 5.11. The molecule has 0 amide bonds. The van der Waals surface area contributed by atoms with E-state index in [0.717, 1.165) is 5.69 Å². The number of benzene rings is 1. The van der Waals surface area contributed by atoms with Gasteiger partial charge in [0.05, 0.1) is 12.7 Å². The largest absolute Gasteiger partial charge is 0.389 e. The van der Waals surface area contributed by atoms with Crippen LogP contribution in [0.5, 0.6) is 0 Å². The van der Waals surface area contributed by atoms with E-state index in [1.807, 2.05) is 6.92 Å². The van der Waals surface area contributed by atoms with Gasteiger partial charge in [-0.15, -0.1) is 0 Å². The van der Waals surface area contributed by atoms with Crippen molar-refractivity contribution in [2.24, 2.45) is 0 Å². The third-order valence-corrected chi connectivity index (χ3v) is 2.28. The van der Waals surface area contributed by atoms with Crippen molar-refractivity contribution in [1.29, 1.82) is 0 Å². The van der Waals surface area contributed by atoms with Gasteiger partial charge in [0.1, 0.15) is 0 Å². The quantitative estimate of drug-likeness (QED) is 0.776. The predicted molar refractivity (Wildman–Crippen MR) is 62.3 cm³/mol. The first-order chi connectivity index (χ1) is 7.13. The summed E-state index contributed by atoms with van der Waals surface area (Å²) in [5, 5.41) is 12.7. The average molecular weight is 209 g/mol. The highest BCUT2D eigenvalue weighted by Crippen LogP contribution is 2.15. The molecule has 1 rings (SSSR count). The number of nitrogens with one attached hydrogen (secondary N) is 1. The normalized spacial score (nSPS) is 12.5. The molecule has 0 bridgehead atoms. The van der Waals surface area contributed by atoms with Crippen LogP contribution in [0.2, 0.25) is 0 Å². The lowest BCUT2D eigenvalue weighted by Crippen LogP contribution is -2.24. The van der Waals surface area contributed by atoms with Crippen molar-refractivity contribution in [3.63, 3.8) is 0 Å². The van der Waals surface area contributed by atoms with E-state index < -0.39 is 6.10 Å². The van der Waals surface area contributed by atoms with Crippen LogP contribution in [0, 0.1) is 13.8 Å². The van der Waals surface area contributed by atoms with Gasteiger partial charge in [0.15, 0.2) is 0 Å². The van der Waals surface area contributed by atoms with E-state index in [1.165, 1.54) is 11.1 Å². The minimum atomic E-state index is -0.463. The lowest BCUT2D eigenvalue weighted by Gasteiger charge is -2.14. The van der Waals surface area contributed by atoms with E-state index in [4.69, 9.17) is 4.74 Å². The number of methoxy groups -OCH3 is 1. The Morgan fingerprint density at radius 2 is 2.13 bits per heavy atom. The highest BCUT2D eigenvalue weighted by atomic mass is 16.5. The summed E-state index contributed by atoms with van der Waals surface area (Å²) >= 11 is 0. The topological polar surface area (TPSA) is 41.5 Å². The van der Waals surface area contributed by atoms with Crippen molar-refractivity contribution < 1.29 is 9.84 Å². The minimum absolute atomic E-state index is 0.359. The fourth-order valence-electron chi connectivity index (χ4n) is 1.41. The van der Waals surface area contributed by atoms with E-state index in [9.17, 15) is 5.11 Å². The molecule has 3 heteroatoms. The fourth-order valence-corrected chi connectivity index (χ4v) is 1.41. The SMILES string of the molecule is COCC(O)CNc1cc(C)ccc1C. The van der Waals surface area contributed by atoms with Gasteiger partial charge in [0.25, 0.3) is 0 Å². The van der Waals surface area contributed by atoms with Gasteiger partial charge in [-0.05, 0) is 31.0 Å². The molecule has 0 aliphatic carbocycles. The maximum atomic E-state index is 9.48. The van der Waals surface area contributed by atoms with Gasteiger partial charge in [0.2, 0.25) is 0 Å². The standard InChI is InChI=1S/C12H19NO2/c1-9-4-5-10(2)12(6-9)13-7-11(14)8-15-3/h4-6,11,13-14H,7-8H2,1-3H3. The highest BCUT2D eigenvalue weighted by Gasteiger charge is 2.04. The summed E-state index contributed by atoms with van der Waals surface area (Å²) in [5.41, 5.74) is 3.47. The highest BCUT2D eigenvalue weighted by molar-refractivity contribution is 5.52. The van der Waals surface area contributed by atoms with Crippen molar-refractivity contribution in [1.82, 2.24) is 0 Å². The molecule has 0 fully saturated rings. The molecule has 0 spiro atoms. The maximum Gasteiger partial charge on any atom is 0.0945 e. The van der Waals surface area contributed by atoms with Gasteiger partial charge < -0.3 is 15.2 Å². The smallest absolute Gasteiger partial charge is 0.0945 e. The van der Waals surface area contributed by atoms with Crippen molar-refractivity contribution >= 4 is 5.69 Å². The Morgan fingerprint density at radius 3 is 2.80 bits per heavy atom. The molecule has 1 atom stereocenters. The number of hydrogen-bond acceptors (Lipinski definition) is 3. The molecule has 1 aromatic rings. The zero-order chi connectivity index (χ0) is 11.3. The average Bonchev–Trinajstić information content (AvgIpc) is 2.20. The summed E-state index contributed by atoms with van der Waals surface area (Å²) in [4.78, 5) is 0. The molecule has 15 heavy (non-hydrogen) atoms. The fraction of sp³-hybridized carbons (Fsp3) is 0.500. The molecule has 0 aromatic heterocycles. The van der Waals surface area contributed by atoms with Gasteiger partial charge >= 0.3 is 0 Å². The monoisotopic (exact) mass is 209 g/mol. The van der Waals surface area contributed by atoms with Crippen LogP contribution in [0.25, 0.3) is 0 Å². The predicted octanol–water partition coefficient (Wildman–Crippen LogP) is 1.72. The minimum Gasteiger partial charge on any atom is -0.389 e. The Hall–Kier alpha value is -1.06. The Balaban J connectivity index is 2.53. The number of hydrogen-bond donors (Lipinski definition) is 2. The maximum absolute atomic E-state index is 9.48. The van der Waals surface area contributed by atoms with Gasteiger partial charge in [-0.2, -0.15) is 0 Å². The van der Waals surface area contributed by atoms with Crippen LogP contribution >= 0.6 is 0 Å². The van der Waals surface area contributed by atoms with Crippen LogP contribution < -0.4 is 5.32 Å². The lowest BCUT2D eigenvalue weighted by molar-refractivity contribution is 0.0727. The summed E-state index contributed by atoms with van der Waals surface area (Å²) in [6.45, 7) is 4.97. The molecule has 2 N–H and O–H groups in total. The third kappa shape index (κ3) is 3.90. The van der Waals surface area contributed by atoms with Crippen LogP contribution in [0.4, 0.5) is 5.69 Å². The van der Waals surface area contributed by atoms with Crippen molar-refractivity contribution in [3.05, 3.63) is 29.3 Å². The zero-order valence-electron chi connectivity index (χ0n) is 9.58. The second-order valence-electron chi connectivity index (χ2n) is 3.81. The number of aliphatic hydroxyl groups is 1. The molecule has 0 radical (unpaired) electrons. The molecule has 0 heterocycles. The number of aliphatic hydroxyl groups excluding tert-OH is 1. The molecule has 84 valence electrons. The third-order valence-electron chi connectivity index (χ3n) is 2.28. The van der Waals surface area contributed by atoms with E-state index in [1.54, 1.807) is 7.11 Å². The Morgan fingerprint density at radius 1 is 1.40 bits per heavy atom. The second kappa shape index (κ2) is 5.73. The Labute approximate surface area is 91.1 Å². The molecule has 0 aliphatic rings. The van der Waals surface area contributed by atoms with Crippen LogP contribution in [-0.4, -0.2) is 31.5 Å². The molecule has 1 unspecified atom stereocenters. The lowest BCUT2D eigenvalue weighted by atomic mass is 10.1. The van der Waals surface area contributed by atoms with Gasteiger partial charge in [-0.1, -0.05) is 12.1 Å². The Kier molecular flexibility index (Phi) is 4.59. The van der Waals surface area contributed by atoms with Gasteiger partial charge in [0, 0.05) is 19.3 Å². The van der Waals surface area contributed by atoms with Crippen LogP contribution in [0.1, 0.15) is 11.1 Å². The Bertz CT molecular complexity index is 312. The van der Waals surface area contributed by atoms with Crippen LogP contribution in [0.3, 0.4) is 0 Å². The first-order valence-corrected chi connectivity index (χ1v) is 5.11. The summed E-state index contributed by atoms with van der Waals surface area (Å²) < 4.78 is 4.86. The second-order valence-corrected chi connectivity index (χ2v) is 3.81. The van der Waals surface area contributed by atoms with Crippen molar-refractivity contribution in [3.8, 4) is 0 Å². The first kappa shape index (κ1) is 12.0. The zero-order valence-corrected chi connectivity index (χ0v) is 9.58. The van der Waals surface area contributed by atoms with Crippen LogP contribution in [0.15, 0.2) is 18.2 Å². The summed E-state index contributed by atoms with van der Waals surface area (Å²) in [7, 11) is 1.58. The van der Waals surface area contributed by atoms with Crippen molar-refractivity contribution in [2.45, 2.75) is 20.0 Å².